The second kappa shape index (κ2) is 3.88. The topological polar surface area (TPSA) is 47.8 Å². The van der Waals surface area contributed by atoms with E-state index in [0.717, 1.165) is 41.1 Å². The molecule has 94 valence electrons. The van der Waals surface area contributed by atoms with Crippen molar-refractivity contribution < 1.29 is 4.79 Å². The fourth-order valence-corrected chi connectivity index (χ4v) is 2.98. The zero-order chi connectivity index (χ0) is 12.8. The second-order valence-electron chi connectivity index (χ2n) is 5.04. The van der Waals surface area contributed by atoms with Gasteiger partial charge in [-0.15, -0.1) is 5.10 Å². The Morgan fingerprint density at radius 3 is 2.79 bits per heavy atom. The van der Waals surface area contributed by atoms with Gasteiger partial charge in [-0.3, -0.25) is 4.79 Å². The lowest BCUT2D eigenvalue weighted by Gasteiger charge is -2.12. The second-order valence-corrected chi connectivity index (χ2v) is 5.04. The minimum absolute atomic E-state index is 0.283. The predicted octanol–water partition coefficient (Wildman–Crippen LogP) is 2.47. The first-order valence-corrected chi connectivity index (χ1v) is 6.60. The third-order valence-corrected chi connectivity index (χ3v) is 3.91. The molecule has 1 aromatic heterocycles. The molecule has 2 heterocycles. The highest BCUT2D eigenvalue weighted by atomic mass is 16.1. The van der Waals surface area contributed by atoms with Gasteiger partial charge in [0, 0.05) is 24.0 Å². The maximum Gasteiger partial charge on any atom is 0.161 e. The summed E-state index contributed by atoms with van der Waals surface area (Å²) in [5, 5.41) is 8.54. The van der Waals surface area contributed by atoms with Gasteiger partial charge < -0.3 is 0 Å². The Hall–Kier alpha value is -2.23. The molecule has 19 heavy (non-hydrogen) atoms. The summed E-state index contributed by atoms with van der Waals surface area (Å²) in [5.74, 6) is 0.283. The first-order chi connectivity index (χ1) is 9.34. The molecule has 0 spiro atoms. The highest BCUT2D eigenvalue weighted by Crippen LogP contribution is 2.37. The summed E-state index contributed by atoms with van der Waals surface area (Å²) in [6, 6.07) is 10.0. The molecule has 0 bridgehead atoms. The Kier molecular flexibility index (Phi) is 2.18. The number of rotatable bonds is 1. The average Bonchev–Trinajstić information content (AvgIpc) is 3.00. The van der Waals surface area contributed by atoms with Crippen LogP contribution in [0.3, 0.4) is 0 Å². The van der Waals surface area contributed by atoms with Crippen LogP contribution < -0.4 is 0 Å². The van der Waals surface area contributed by atoms with E-state index in [9.17, 15) is 4.79 Å². The number of aromatic nitrogens is 3. The molecule has 0 atom stereocenters. The van der Waals surface area contributed by atoms with Crippen molar-refractivity contribution in [3.63, 3.8) is 0 Å². The molecule has 0 fully saturated rings. The number of carbonyl (C=O) groups is 1. The van der Waals surface area contributed by atoms with Gasteiger partial charge in [-0.05, 0) is 12.8 Å². The molecule has 0 saturated carbocycles. The number of carbonyl (C=O) groups excluding carboxylic acids is 1. The highest BCUT2D eigenvalue weighted by molar-refractivity contribution is 6.03. The summed E-state index contributed by atoms with van der Waals surface area (Å²) in [6.45, 7) is 0. The third kappa shape index (κ3) is 1.49. The Morgan fingerprint density at radius 2 is 1.95 bits per heavy atom. The molecule has 0 saturated heterocycles. The van der Waals surface area contributed by atoms with Crippen LogP contribution in [0.1, 0.15) is 25.0 Å². The fraction of sp³-hybridized carbons (Fsp3) is 0.267. The van der Waals surface area contributed by atoms with Gasteiger partial charge in [0.05, 0.1) is 11.4 Å². The molecule has 1 aromatic carbocycles. The van der Waals surface area contributed by atoms with Crippen molar-refractivity contribution in [2.24, 2.45) is 0 Å². The largest absolute Gasteiger partial charge is 0.294 e. The fourth-order valence-electron chi connectivity index (χ4n) is 2.98. The molecular weight excluding hydrogens is 238 g/mol. The van der Waals surface area contributed by atoms with Crippen molar-refractivity contribution in [1.82, 2.24) is 15.0 Å². The number of fused-ring (bicyclic) bond motifs is 2. The van der Waals surface area contributed by atoms with Crippen molar-refractivity contribution in [2.75, 3.05) is 0 Å². The SMILES string of the molecule is O=C1CCCC2=C1Cc1c(-c3ccccc3)nnn12. The summed E-state index contributed by atoms with van der Waals surface area (Å²) in [7, 11) is 0. The lowest BCUT2D eigenvalue weighted by atomic mass is 9.94. The van der Waals surface area contributed by atoms with Gasteiger partial charge in [0.1, 0.15) is 5.69 Å². The standard InChI is InChI=1S/C15H13N3O/c19-14-8-4-7-12-11(14)9-13-15(16-17-18(12)13)10-5-2-1-3-6-10/h1-3,5-6H,4,7-9H2. The molecule has 0 amide bonds. The van der Waals surface area contributed by atoms with Crippen LogP contribution in [-0.2, 0) is 11.2 Å². The quantitative estimate of drug-likeness (QED) is 0.782. The van der Waals surface area contributed by atoms with E-state index < -0.39 is 0 Å². The number of hydrogen-bond acceptors (Lipinski definition) is 3. The number of Topliss-reactive ketones (excluding diaryl/α,β-unsaturated/α-hetero) is 1. The third-order valence-electron chi connectivity index (χ3n) is 3.91. The van der Waals surface area contributed by atoms with Crippen molar-refractivity contribution in [3.8, 4) is 11.3 Å². The van der Waals surface area contributed by atoms with E-state index in [1.165, 1.54) is 0 Å². The monoisotopic (exact) mass is 251 g/mol. The van der Waals surface area contributed by atoms with Crippen LogP contribution in [0.25, 0.3) is 17.0 Å². The first kappa shape index (κ1) is 10.7. The molecule has 2 aliphatic rings. The Balaban J connectivity index is 1.83. The lowest BCUT2D eigenvalue weighted by Crippen LogP contribution is -2.10. The maximum absolute atomic E-state index is 12.0. The van der Waals surface area contributed by atoms with Gasteiger partial charge in [0.25, 0.3) is 0 Å². The zero-order valence-electron chi connectivity index (χ0n) is 10.5. The van der Waals surface area contributed by atoms with Crippen LogP contribution in [0, 0.1) is 0 Å². The van der Waals surface area contributed by atoms with E-state index >= 15 is 0 Å². The maximum atomic E-state index is 12.0. The summed E-state index contributed by atoms with van der Waals surface area (Å²) in [6.07, 6.45) is 3.23. The van der Waals surface area contributed by atoms with E-state index in [-0.39, 0.29) is 5.78 Å². The number of nitrogens with zero attached hydrogens (tertiary/aromatic N) is 3. The van der Waals surface area contributed by atoms with E-state index in [1.54, 1.807) is 0 Å². The van der Waals surface area contributed by atoms with Crippen LogP contribution in [0.2, 0.25) is 0 Å². The van der Waals surface area contributed by atoms with Gasteiger partial charge >= 0.3 is 0 Å². The molecule has 4 heteroatoms. The van der Waals surface area contributed by atoms with E-state index in [4.69, 9.17) is 0 Å². The van der Waals surface area contributed by atoms with Crippen LogP contribution in [-0.4, -0.2) is 20.8 Å². The molecule has 1 aliphatic heterocycles. The lowest BCUT2D eigenvalue weighted by molar-refractivity contribution is -0.115. The first-order valence-electron chi connectivity index (χ1n) is 6.60. The predicted molar refractivity (Wildman–Crippen MR) is 71.2 cm³/mol. The summed E-state index contributed by atoms with van der Waals surface area (Å²) < 4.78 is 1.88. The van der Waals surface area contributed by atoms with Crippen molar-refractivity contribution in [1.29, 1.82) is 0 Å². The Bertz CT molecular complexity index is 697. The number of hydrogen-bond donors (Lipinski definition) is 0. The van der Waals surface area contributed by atoms with Crippen molar-refractivity contribution >= 4 is 11.5 Å². The highest BCUT2D eigenvalue weighted by Gasteiger charge is 2.32. The van der Waals surface area contributed by atoms with Crippen LogP contribution in [0.4, 0.5) is 0 Å². The Morgan fingerprint density at radius 1 is 1.11 bits per heavy atom. The minimum atomic E-state index is 0.283. The molecule has 0 radical (unpaired) electrons. The summed E-state index contributed by atoms with van der Waals surface area (Å²) in [4.78, 5) is 12.0. The summed E-state index contributed by atoms with van der Waals surface area (Å²) in [5.41, 5.74) is 5.06. The number of benzene rings is 1. The van der Waals surface area contributed by atoms with Crippen LogP contribution >= 0.6 is 0 Å². The average molecular weight is 251 g/mol. The van der Waals surface area contributed by atoms with Gasteiger partial charge in [-0.1, -0.05) is 35.5 Å². The van der Waals surface area contributed by atoms with E-state index in [2.05, 4.69) is 10.3 Å². The Labute approximate surface area is 110 Å². The van der Waals surface area contributed by atoms with Crippen molar-refractivity contribution in [3.05, 3.63) is 41.6 Å². The number of ketones is 1. The minimum Gasteiger partial charge on any atom is -0.294 e. The van der Waals surface area contributed by atoms with Gasteiger partial charge in [-0.2, -0.15) is 0 Å². The smallest absolute Gasteiger partial charge is 0.161 e. The van der Waals surface area contributed by atoms with Crippen LogP contribution in [0.15, 0.2) is 35.9 Å². The molecule has 0 N–H and O–H groups in total. The van der Waals surface area contributed by atoms with E-state index in [1.807, 2.05) is 35.0 Å². The molecule has 0 unspecified atom stereocenters. The zero-order valence-corrected chi connectivity index (χ0v) is 10.5. The summed E-state index contributed by atoms with van der Waals surface area (Å²) >= 11 is 0. The molecule has 2 aromatic rings. The van der Waals surface area contributed by atoms with E-state index in [0.29, 0.717) is 12.8 Å². The molecule has 4 rings (SSSR count). The van der Waals surface area contributed by atoms with Gasteiger partial charge in [-0.25, -0.2) is 4.68 Å². The molecule has 1 aliphatic carbocycles. The molecule has 4 nitrogen and oxygen atoms in total. The van der Waals surface area contributed by atoms with Gasteiger partial charge in [0.2, 0.25) is 0 Å². The van der Waals surface area contributed by atoms with Crippen LogP contribution in [0.5, 0.6) is 0 Å². The molecular formula is C15H13N3O. The van der Waals surface area contributed by atoms with Gasteiger partial charge in [0.15, 0.2) is 5.78 Å². The number of allylic oxidation sites excluding steroid dienone is 2. The van der Waals surface area contributed by atoms with Crippen molar-refractivity contribution in [2.45, 2.75) is 25.7 Å². The normalized spacial score (nSPS) is 17.6.